The summed E-state index contributed by atoms with van der Waals surface area (Å²) in [7, 11) is 3.10. The van der Waals surface area contributed by atoms with E-state index in [1.165, 1.54) is 7.11 Å². The maximum atomic E-state index is 10.3. The maximum absolute atomic E-state index is 10.3. The molecular weight excluding hydrogens is 168 g/mol. The monoisotopic (exact) mass is 190 g/mol. The van der Waals surface area contributed by atoms with E-state index >= 15 is 0 Å². The van der Waals surface area contributed by atoms with Gasteiger partial charge in [-0.25, -0.2) is 0 Å². The van der Waals surface area contributed by atoms with Crippen molar-refractivity contribution in [3.8, 4) is 0 Å². The lowest BCUT2D eigenvalue weighted by Gasteiger charge is -2.14. The Morgan fingerprint density at radius 1 is 1.15 bits per heavy atom. The number of carbonyl (C=O) groups excluding carboxylic acids is 1. The molecule has 0 aromatic rings. The zero-order chi connectivity index (χ0) is 11.1. The maximum Gasteiger partial charge on any atom is 0.308 e. The minimum absolute atomic E-state index is 0.00463. The van der Waals surface area contributed by atoms with E-state index < -0.39 is 0 Å². The number of esters is 1. The van der Waals surface area contributed by atoms with Crippen molar-refractivity contribution in [1.82, 2.24) is 0 Å². The van der Waals surface area contributed by atoms with Crippen molar-refractivity contribution >= 4 is 5.97 Å². The molecule has 0 aromatic carbocycles. The minimum atomic E-state index is -0.153. The van der Waals surface area contributed by atoms with Gasteiger partial charge < -0.3 is 9.47 Å². The highest BCUT2D eigenvalue weighted by Gasteiger charge is 2.04. The van der Waals surface area contributed by atoms with E-state index in [1.54, 1.807) is 21.0 Å². The van der Waals surface area contributed by atoms with Gasteiger partial charge in [-0.15, -0.1) is 0 Å². The fraction of sp³-hybridized carbons (Fsp3) is 0.900. The predicted octanol–water partition coefficient (Wildman–Crippen LogP) is 2.25. The highest BCUT2D eigenvalue weighted by Crippen LogP contribution is 2.02. The van der Waals surface area contributed by atoms with Crippen LogP contribution in [0.1, 0.15) is 34.6 Å². The van der Waals surface area contributed by atoms with Crippen molar-refractivity contribution in [2.45, 2.75) is 40.2 Å². The van der Waals surface area contributed by atoms with Gasteiger partial charge in [0, 0.05) is 7.11 Å². The number of hydrogen-bond donors (Lipinski definition) is 0. The SMILES string of the molecule is COC(=O)C(C)C.COC(C)(C)C. The first-order chi connectivity index (χ1) is 5.74. The van der Waals surface area contributed by atoms with Gasteiger partial charge in [-0.2, -0.15) is 0 Å². The van der Waals surface area contributed by atoms with Crippen molar-refractivity contribution in [3.63, 3.8) is 0 Å². The van der Waals surface area contributed by atoms with Crippen LogP contribution >= 0.6 is 0 Å². The van der Waals surface area contributed by atoms with E-state index in [4.69, 9.17) is 4.74 Å². The van der Waals surface area contributed by atoms with Crippen LogP contribution < -0.4 is 0 Å². The Bertz CT molecular complexity index is 134. The Hall–Kier alpha value is -0.570. The third-order valence-corrected chi connectivity index (χ3v) is 1.28. The summed E-state index contributed by atoms with van der Waals surface area (Å²) in [5.74, 6) is -0.148. The number of carbonyl (C=O) groups is 1. The largest absolute Gasteiger partial charge is 0.469 e. The molecule has 0 saturated heterocycles. The Kier molecular flexibility index (Phi) is 7.92. The van der Waals surface area contributed by atoms with Gasteiger partial charge in [-0.3, -0.25) is 4.79 Å². The van der Waals surface area contributed by atoms with Gasteiger partial charge in [-0.05, 0) is 20.8 Å². The molecule has 0 aliphatic heterocycles. The molecule has 0 rings (SSSR count). The first-order valence-electron chi connectivity index (χ1n) is 4.37. The second-order valence-electron chi connectivity index (χ2n) is 3.99. The molecule has 0 atom stereocenters. The number of hydrogen-bond acceptors (Lipinski definition) is 3. The second kappa shape index (κ2) is 6.89. The number of methoxy groups -OCH3 is 2. The summed E-state index contributed by atoms with van der Waals surface area (Å²) >= 11 is 0. The lowest BCUT2D eigenvalue weighted by Crippen LogP contribution is -2.15. The van der Waals surface area contributed by atoms with E-state index in [-0.39, 0.29) is 17.5 Å². The molecule has 0 aliphatic carbocycles. The lowest BCUT2D eigenvalue weighted by atomic mass is 10.2. The van der Waals surface area contributed by atoms with Gasteiger partial charge in [0.05, 0.1) is 18.6 Å². The van der Waals surface area contributed by atoms with E-state index in [1.807, 2.05) is 20.8 Å². The van der Waals surface area contributed by atoms with Gasteiger partial charge in [0.2, 0.25) is 0 Å². The molecule has 0 N–H and O–H groups in total. The molecule has 0 heterocycles. The lowest BCUT2D eigenvalue weighted by molar-refractivity contribution is -0.144. The molecule has 0 unspecified atom stereocenters. The Labute approximate surface area is 81.4 Å². The Balaban J connectivity index is 0. The molecule has 0 aliphatic rings. The highest BCUT2D eigenvalue weighted by atomic mass is 16.5. The summed E-state index contributed by atoms with van der Waals surface area (Å²) in [4.78, 5) is 10.3. The summed E-state index contributed by atoms with van der Waals surface area (Å²) in [5, 5.41) is 0. The summed E-state index contributed by atoms with van der Waals surface area (Å²) < 4.78 is 9.31. The van der Waals surface area contributed by atoms with Gasteiger partial charge in [0.25, 0.3) is 0 Å². The molecule has 80 valence electrons. The van der Waals surface area contributed by atoms with Gasteiger partial charge in [-0.1, -0.05) is 13.8 Å². The van der Waals surface area contributed by atoms with Crippen molar-refractivity contribution in [1.29, 1.82) is 0 Å². The van der Waals surface area contributed by atoms with E-state index in [9.17, 15) is 4.79 Å². The summed E-state index contributed by atoms with van der Waals surface area (Å²) in [6, 6.07) is 0. The summed E-state index contributed by atoms with van der Waals surface area (Å²) in [6.07, 6.45) is 0. The number of ether oxygens (including phenoxy) is 2. The predicted molar refractivity (Wildman–Crippen MR) is 53.6 cm³/mol. The van der Waals surface area contributed by atoms with Crippen molar-refractivity contribution < 1.29 is 14.3 Å². The van der Waals surface area contributed by atoms with Crippen molar-refractivity contribution in [2.24, 2.45) is 5.92 Å². The van der Waals surface area contributed by atoms with Gasteiger partial charge in [0.1, 0.15) is 0 Å². The zero-order valence-corrected chi connectivity index (χ0v) is 9.80. The first-order valence-corrected chi connectivity index (χ1v) is 4.37. The first kappa shape index (κ1) is 14.9. The molecule has 0 radical (unpaired) electrons. The normalized spacial score (nSPS) is 10.5. The molecule has 3 nitrogen and oxygen atoms in total. The highest BCUT2D eigenvalue weighted by molar-refractivity contribution is 5.71. The molecule has 0 amide bonds. The quantitative estimate of drug-likeness (QED) is 0.595. The van der Waals surface area contributed by atoms with Crippen LogP contribution in [0.2, 0.25) is 0 Å². The summed E-state index contributed by atoms with van der Waals surface area (Å²) in [6.45, 7) is 9.66. The fourth-order valence-electron chi connectivity index (χ4n) is 0.236. The molecule has 0 fully saturated rings. The van der Waals surface area contributed by atoms with Crippen molar-refractivity contribution in [3.05, 3.63) is 0 Å². The van der Waals surface area contributed by atoms with Crippen LogP contribution in [0.25, 0.3) is 0 Å². The topological polar surface area (TPSA) is 35.5 Å². The van der Waals surface area contributed by atoms with Crippen LogP contribution in [-0.4, -0.2) is 25.8 Å². The van der Waals surface area contributed by atoms with Crippen molar-refractivity contribution in [2.75, 3.05) is 14.2 Å². The van der Waals surface area contributed by atoms with Crippen LogP contribution in [-0.2, 0) is 14.3 Å². The average Bonchev–Trinajstić information content (AvgIpc) is 2.02. The van der Waals surface area contributed by atoms with E-state index in [0.29, 0.717) is 0 Å². The van der Waals surface area contributed by atoms with Crippen LogP contribution in [0.3, 0.4) is 0 Å². The molecule has 13 heavy (non-hydrogen) atoms. The Morgan fingerprint density at radius 2 is 1.46 bits per heavy atom. The van der Waals surface area contributed by atoms with Gasteiger partial charge in [0.15, 0.2) is 0 Å². The standard InChI is InChI=1S/C5H10O2.C5H12O/c1-4(2)5(6)7-3;1-5(2,3)6-4/h4H,1-3H3;1-4H3. The molecular formula is C10H22O3. The average molecular weight is 190 g/mol. The van der Waals surface area contributed by atoms with E-state index in [0.717, 1.165) is 0 Å². The third-order valence-electron chi connectivity index (χ3n) is 1.28. The van der Waals surface area contributed by atoms with Crippen LogP contribution in [0.15, 0.2) is 0 Å². The Morgan fingerprint density at radius 3 is 1.46 bits per heavy atom. The number of rotatable bonds is 1. The van der Waals surface area contributed by atoms with Gasteiger partial charge >= 0.3 is 5.97 Å². The second-order valence-corrected chi connectivity index (χ2v) is 3.99. The zero-order valence-electron chi connectivity index (χ0n) is 9.80. The summed E-state index contributed by atoms with van der Waals surface area (Å²) in [5.41, 5.74) is 0.0417. The fourth-order valence-corrected chi connectivity index (χ4v) is 0.236. The van der Waals surface area contributed by atoms with Crippen LogP contribution in [0.4, 0.5) is 0 Å². The smallest absolute Gasteiger partial charge is 0.308 e. The van der Waals surface area contributed by atoms with Crippen LogP contribution in [0.5, 0.6) is 0 Å². The third kappa shape index (κ3) is 14.3. The van der Waals surface area contributed by atoms with Crippen LogP contribution in [0, 0.1) is 5.92 Å². The molecule has 0 spiro atoms. The van der Waals surface area contributed by atoms with E-state index in [2.05, 4.69) is 4.74 Å². The molecule has 0 bridgehead atoms. The molecule has 3 heteroatoms. The molecule has 0 saturated carbocycles. The minimum Gasteiger partial charge on any atom is -0.469 e. The molecule has 0 aromatic heterocycles.